The molecule has 1 aliphatic rings. The first-order valence-corrected chi connectivity index (χ1v) is 9.46. The number of carbonyl (C=O) groups excluding carboxylic acids is 2. The first kappa shape index (κ1) is 17.5. The molecule has 1 unspecified atom stereocenters. The summed E-state index contributed by atoms with van der Waals surface area (Å²) in [5, 5.41) is 2.41. The van der Waals surface area contributed by atoms with Crippen molar-refractivity contribution >= 4 is 29.3 Å². The second kappa shape index (κ2) is 7.75. The molecule has 7 heteroatoms. The van der Waals surface area contributed by atoms with E-state index >= 15 is 0 Å². The van der Waals surface area contributed by atoms with Crippen LogP contribution < -0.4 is 5.32 Å². The minimum atomic E-state index is -0.469. The molecule has 27 heavy (non-hydrogen) atoms. The number of thioether (sulfide) groups is 1. The van der Waals surface area contributed by atoms with Gasteiger partial charge in [0.15, 0.2) is 0 Å². The molecule has 0 spiro atoms. The van der Waals surface area contributed by atoms with Crippen LogP contribution in [0.2, 0.25) is 0 Å². The molecule has 0 bridgehead atoms. The number of fused-ring (bicyclic) bond motifs is 1. The van der Waals surface area contributed by atoms with Gasteiger partial charge in [-0.15, -0.1) is 11.8 Å². The van der Waals surface area contributed by atoms with Crippen molar-refractivity contribution in [1.29, 1.82) is 0 Å². The maximum Gasteiger partial charge on any atom is 0.238 e. The van der Waals surface area contributed by atoms with Crippen molar-refractivity contribution in [2.24, 2.45) is 0 Å². The first-order chi connectivity index (χ1) is 13.2. The van der Waals surface area contributed by atoms with E-state index in [4.69, 9.17) is 8.83 Å². The van der Waals surface area contributed by atoms with Gasteiger partial charge in [-0.2, -0.15) is 0 Å². The number of anilines is 1. The molecule has 0 saturated carbocycles. The van der Waals surface area contributed by atoms with E-state index in [1.807, 2.05) is 36.4 Å². The van der Waals surface area contributed by atoms with Crippen molar-refractivity contribution in [2.45, 2.75) is 29.7 Å². The Balaban J connectivity index is 1.48. The molecule has 2 aromatic heterocycles. The molecule has 1 aromatic carbocycles. The zero-order chi connectivity index (χ0) is 18.6. The number of carbonyl (C=O) groups is 2. The van der Waals surface area contributed by atoms with E-state index in [9.17, 15) is 9.59 Å². The van der Waals surface area contributed by atoms with Crippen molar-refractivity contribution < 1.29 is 18.4 Å². The summed E-state index contributed by atoms with van der Waals surface area (Å²) in [5.74, 6) is 1.08. The van der Waals surface area contributed by atoms with Crippen molar-refractivity contribution in [1.82, 2.24) is 4.90 Å². The molecule has 3 heterocycles. The van der Waals surface area contributed by atoms with Crippen molar-refractivity contribution in [3.05, 3.63) is 72.6 Å². The van der Waals surface area contributed by atoms with Crippen LogP contribution in [0.5, 0.6) is 0 Å². The largest absolute Gasteiger partial charge is 0.467 e. The molecule has 0 fully saturated rings. The predicted octanol–water partition coefficient (Wildman–Crippen LogP) is 3.90. The average molecular weight is 382 g/mol. The van der Waals surface area contributed by atoms with Crippen molar-refractivity contribution in [2.75, 3.05) is 5.32 Å². The smallest absolute Gasteiger partial charge is 0.238 e. The maximum atomic E-state index is 13.0. The van der Waals surface area contributed by atoms with Crippen LogP contribution in [0, 0.1) is 0 Å². The summed E-state index contributed by atoms with van der Waals surface area (Å²) in [6, 6.07) is 14.8. The highest BCUT2D eigenvalue weighted by Gasteiger charge is 2.30. The lowest BCUT2D eigenvalue weighted by Crippen LogP contribution is -2.37. The molecular formula is C20H18N2O4S. The van der Waals surface area contributed by atoms with E-state index in [1.54, 1.807) is 29.6 Å². The fourth-order valence-electron chi connectivity index (χ4n) is 2.93. The molecule has 6 nitrogen and oxygen atoms in total. The molecule has 1 aliphatic heterocycles. The van der Waals surface area contributed by atoms with Gasteiger partial charge in [0.05, 0.1) is 36.6 Å². The fourth-order valence-corrected chi connectivity index (χ4v) is 4.03. The number of amides is 2. The molecule has 1 atom stereocenters. The highest BCUT2D eigenvalue weighted by Crippen LogP contribution is 2.36. The van der Waals surface area contributed by atoms with Crippen LogP contribution in [0.3, 0.4) is 0 Å². The van der Waals surface area contributed by atoms with Gasteiger partial charge in [-0.25, -0.2) is 0 Å². The van der Waals surface area contributed by atoms with Gasteiger partial charge in [0.2, 0.25) is 11.8 Å². The van der Waals surface area contributed by atoms with Gasteiger partial charge in [-0.05, 0) is 36.4 Å². The van der Waals surface area contributed by atoms with Gasteiger partial charge in [0.1, 0.15) is 11.5 Å². The summed E-state index contributed by atoms with van der Waals surface area (Å²) in [4.78, 5) is 28.0. The quantitative estimate of drug-likeness (QED) is 0.700. The first-order valence-electron chi connectivity index (χ1n) is 8.58. The second-order valence-corrected chi connectivity index (χ2v) is 7.45. The second-order valence-electron chi connectivity index (χ2n) is 6.20. The summed E-state index contributed by atoms with van der Waals surface area (Å²) < 4.78 is 10.8. The Morgan fingerprint density at radius 1 is 1.00 bits per heavy atom. The molecule has 0 radical (unpaired) electrons. The van der Waals surface area contributed by atoms with Gasteiger partial charge in [-0.3, -0.25) is 9.59 Å². The molecule has 138 valence electrons. The zero-order valence-corrected chi connectivity index (χ0v) is 15.3. The average Bonchev–Trinajstić information content (AvgIpc) is 3.36. The SMILES string of the molecule is O=C1Nc2ccccc2SC1CC(=O)N(Cc1ccco1)Cc1ccco1. The van der Waals surface area contributed by atoms with E-state index in [1.165, 1.54) is 11.8 Å². The maximum absolute atomic E-state index is 13.0. The highest BCUT2D eigenvalue weighted by molar-refractivity contribution is 8.01. The summed E-state index contributed by atoms with van der Waals surface area (Å²) >= 11 is 1.42. The number of nitrogens with one attached hydrogen (secondary N) is 1. The van der Waals surface area contributed by atoms with Crippen LogP contribution >= 0.6 is 11.8 Å². The Bertz CT molecular complexity index is 885. The van der Waals surface area contributed by atoms with Gasteiger partial charge >= 0.3 is 0 Å². The number of furan rings is 2. The Hall–Kier alpha value is -2.93. The number of hydrogen-bond donors (Lipinski definition) is 1. The minimum absolute atomic E-state index is 0.103. The Kier molecular flexibility index (Phi) is 5.02. The van der Waals surface area contributed by atoms with Gasteiger partial charge in [-0.1, -0.05) is 12.1 Å². The molecule has 2 amide bonds. The van der Waals surface area contributed by atoms with Crippen LogP contribution in [0.1, 0.15) is 17.9 Å². The van der Waals surface area contributed by atoms with Crippen molar-refractivity contribution in [3.63, 3.8) is 0 Å². The third-order valence-corrected chi connectivity index (χ3v) is 5.55. The monoisotopic (exact) mass is 382 g/mol. The van der Waals surface area contributed by atoms with Gasteiger partial charge in [0.25, 0.3) is 0 Å². The predicted molar refractivity (Wildman–Crippen MR) is 101 cm³/mol. The van der Waals surface area contributed by atoms with E-state index < -0.39 is 5.25 Å². The standard InChI is InChI=1S/C20H18N2O4S/c23-19(11-18-20(24)21-16-7-1-2-8-17(16)27-18)22(12-14-5-3-9-25-14)13-15-6-4-10-26-15/h1-10,18H,11-13H2,(H,21,24). The molecule has 0 saturated heterocycles. The summed E-state index contributed by atoms with van der Waals surface area (Å²) in [6.45, 7) is 0.643. The highest BCUT2D eigenvalue weighted by atomic mass is 32.2. The van der Waals surface area contributed by atoms with E-state index in [2.05, 4.69) is 5.32 Å². The Morgan fingerprint density at radius 3 is 2.30 bits per heavy atom. The van der Waals surface area contributed by atoms with Gasteiger partial charge in [0, 0.05) is 11.3 Å². The molecule has 4 rings (SSSR count). The Morgan fingerprint density at radius 2 is 1.67 bits per heavy atom. The molecule has 0 aliphatic carbocycles. The topological polar surface area (TPSA) is 75.7 Å². The minimum Gasteiger partial charge on any atom is -0.467 e. The van der Waals surface area contributed by atoms with Crippen LogP contribution in [-0.4, -0.2) is 22.0 Å². The molecule has 1 N–H and O–H groups in total. The third-order valence-electron chi connectivity index (χ3n) is 4.27. The zero-order valence-electron chi connectivity index (χ0n) is 14.5. The van der Waals surface area contributed by atoms with E-state index in [0.717, 1.165) is 10.6 Å². The number of benzene rings is 1. The van der Waals surface area contributed by atoms with Crippen LogP contribution in [0.4, 0.5) is 5.69 Å². The van der Waals surface area contributed by atoms with E-state index in [-0.39, 0.29) is 18.2 Å². The van der Waals surface area contributed by atoms with Crippen LogP contribution in [0.25, 0.3) is 0 Å². The van der Waals surface area contributed by atoms with Crippen LogP contribution in [-0.2, 0) is 22.7 Å². The number of para-hydroxylation sites is 1. The lowest BCUT2D eigenvalue weighted by molar-refractivity contribution is -0.134. The summed E-state index contributed by atoms with van der Waals surface area (Å²) in [6.07, 6.45) is 3.25. The lowest BCUT2D eigenvalue weighted by atomic mass is 10.2. The van der Waals surface area contributed by atoms with Crippen molar-refractivity contribution in [3.8, 4) is 0 Å². The number of hydrogen-bond acceptors (Lipinski definition) is 5. The summed E-state index contributed by atoms with van der Waals surface area (Å²) in [7, 11) is 0. The molecule has 3 aromatic rings. The normalized spacial score (nSPS) is 15.9. The van der Waals surface area contributed by atoms with E-state index in [0.29, 0.717) is 24.6 Å². The lowest BCUT2D eigenvalue weighted by Gasteiger charge is -2.26. The molecular weight excluding hydrogens is 364 g/mol. The fraction of sp³-hybridized carbons (Fsp3) is 0.200. The summed E-state index contributed by atoms with van der Waals surface area (Å²) in [5.41, 5.74) is 0.791. The van der Waals surface area contributed by atoms with Gasteiger partial charge < -0.3 is 19.1 Å². The third kappa shape index (κ3) is 4.09. The number of nitrogens with zero attached hydrogens (tertiary/aromatic N) is 1. The van der Waals surface area contributed by atoms with Crippen LogP contribution in [0.15, 0.2) is 74.8 Å². The number of rotatable bonds is 6. The Labute approximate surface area is 160 Å².